The van der Waals surface area contributed by atoms with Crippen LogP contribution < -0.4 is 14.4 Å². The molecule has 1 amide bonds. The maximum Gasteiger partial charge on any atom is 0.338 e. The monoisotopic (exact) mass is 396 g/mol. The Morgan fingerprint density at radius 3 is 2.55 bits per heavy atom. The molecule has 7 heteroatoms. The number of ether oxygens (including phenoxy) is 3. The maximum absolute atomic E-state index is 12.5. The van der Waals surface area contributed by atoms with Crippen molar-refractivity contribution in [3.05, 3.63) is 53.1 Å². The van der Waals surface area contributed by atoms with Gasteiger partial charge in [0.25, 0.3) is 5.91 Å². The van der Waals surface area contributed by atoms with E-state index in [1.54, 1.807) is 23.1 Å². The first-order chi connectivity index (χ1) is 14.0. The van der Waals surface area contributed by atoms with Crippen LogP contribution in [0.4, 0.5) is 5.69 Å². The number of nitrogens with zero attached hydrogens (tertiary/aromatic N) is 2. The van der Waals surface area contributed by atoms with E-state index < -0.39 is 5.97 Å². The third kappa shape index (κ3) is 3.99. The summed E-state index contributed by atoms with van der Waals surface area (Å²) in [5.41, 5.74) is 4.08. The van der Waals surface area contributed by atoms with Crippen LogP contribution in [0.15, 0.2) is 36.4 Å². The summed E-state index contributed by atoms with van der Waals surface area (Å²) >= 11 is 0. The number of benzene rings is 2. The zero-order valence-corrected chi connectivity index (χ0v) is 16.6. The summed E-state index contributed by atoms with van der Waals surface area (Å²) in [7, 11) is 0. The Bertz CT molecular complexity index is 935. The standard InChI is InChI=1S/C22H24N2O5/c1-15-4-3-5-18(16(15)2)23-8-10-24(11-9-23)21(25)13-27-22(26)17-6-7-19-20(12-17)29-14-28-19/h3-7,12H,8-11,13-14H2,1-2H3. The lowest BCUT2D eigenvalue weighted by Gasteiger charge is -2.37. The summed E-state index contributed by atoms with van der Waals surface area (Å²) in [6.07, 6.45) is 0. The lowest BCUT2D eigenvalue weighted by atomic mass is 10.1. The number of amides is 1. The van der Waals surface area contributed by atoms with E-state index in [0.717, 1.165) is 13.1 Å². The lowest BCUT2D eigenvalue weighted by molar-refractivity contribution is -0.134. The van der Waals surface area contributed by atoms with E-state index in [0.29, 0.717) is 30.2 Å². The molecule has 0 spiro atoms. The molecule has 0 unspecified atom stereocenters. The highest BCUT2D eigenvalue weighted by Crippen LogP contribution is 2.32. The van der Waals surface area contributed by atoms with Crippen molar-refractivity contribution in [3.8, 4) is 11.5 Å². The highest BCUT2D eigenvalue weighted by Gasteiger charge is 2.24. The highest BCUT2D eigenvalue weighted by molar-refractivity contribution is 5.92. The van der Waals surface area contributed by atoms with Crippen molar-refractivity contribution in [2.75, 3.05) is 44.5 Å². The van der Waals surface area contributed by atoms with Gasteiger partial charge < -0.3 is 24.0 Å². The zero-order valence-electron chi connectivity index (χ0n) is 16.6. The zero-order chi connectivity index (χ0) is 20.4. The van der Waals surface area contributed by atoms with Gasteiger partial charge >= 0.3 is 5.97 Å². The van der Waals surface area contributed by atoms with Crippen LogP contribution in [0.2, 0.25) is 0 Å². The molecule has 1 saturated heterocycles. The van der Waals surface area contributed by atoms with E-state index >= 15 is 0 Å². The first-order valence-electron chi connectivity index (χ1n) is 9.68. The van der Waals surface area contributed by atoms with Gasteiger partial charge in [0.1, 0.15) is 0 Å². The third-order valence-electron chi connectivity index (χ3n) is 5.48. The first kappa shape index (κ1) is 19.1. The van der Waals surface area contributed by atoms with Gasteiger partial charge in [0.05, 0.1) is 5.56 Å². The highest BCUT2D eigenvalue weighted by atomic mass is 16.7. The summed E-state index contributed by atoms with van der Waals surface area (Å²) in [6, 6.07) is 11.1. The quantitative estimate of drug-likeness (QED) is 0.740. The summed E-state index contributed by atoms with van der Waals surface area (Å²) in [6.45, 7) is 6.82. The molecule has 0 N–H and O–H groups in total. The number of hydrogen-bond acceptors (Lipinski definition) is 6. The minimum atomic E-state index is -0.550. The molecule has 2 aromatic rings. The number of aryl methyl sites for hydroxylation is 1. The van der Waals surface area contributed by atoms with Gasteiger partial charge in [-0.3, -0.25) is 4.79 Å². The summed E-state index contributed by atoms with van der Waals surface area (Å²) in [4.78, 5) is 28.8. The number of carbonyl (C=O) groups is 2. The number of carbonyl (C=O) groups excluding carboxylic acids is 2. The molecule has 0 saturated carbocycles. The van der Waals surface area contributed by atoms with Crippen molar-refractivity contribution in [1.29, 1.82) is 0 Å². The van der Waals surface area contributed by atoms with Crippen LogP contribution >= 0.6 is 0 Å². The molecule has 0 aromatic heterocycles. The van der Waals surface area contributed by atoms with Crippen LogP contribution in [0, 0.1) is 13.8 Å². The van der Waals surface area contributed by atoms with Gasteiger partial charge in [-0.05, 0) is 49.2 Å². The molecule has 0 aliphatic carbocycles. The van der Waals surface area contributed by atoms with Gasteiger partial charge in [-0.1, -0.05) is 12.1 Å². The molecule has 2 aliphatic heterocycles. The van der Waals surface area contributed by atoms with E-state index in [9.17, 15) is 9.59 Å². The molecule has 2 heterocycles. The Balaban J connectivity index is 1.29. The molecule has 7 nitrogen and oxygen atoms in total. The average Bonchev–Trinajstić information content (AvgIpc) is 3.22. The molecule has 1 fully saturated rings. The summed E-state index contributed by atoms with van der Waals surface area (Å²) < 4.78 is 15.7. The van der Waals surface area contributed by atoms with Crippen LogP contribution in [0.3, 0.4) is 0 Å². The Labute approximate surface area is 169 Å². The minimum Gasteiger partial charge on any atom is -0.454 e. The Kier molecular flexibility index (Phi) is 5.29. The Morgan fingerprint density at radius 1 is 1.00 bits per heavy atom. The number of esters is 1. The predicted octanol–water partition coefficient (Wildman–Crippen LogP) is 2.54. The normalized spacial score (nSPS) is 15.4. The van der Waals surface area contributed by atoms with Crippen molar-refractivity contribution >= 4 is 17.6 Å². The van der Waals surface area contributed by atoms with Gasteiger partial charge in [-0.2, -0.15) is 0 Å². The first-order valence-corrected chi connectivity index (χ1v) is 9.68. The molecule has 4 rings (SSSR count). The van der Waals surface area contributed by atoms with E-state index in [-0.39, 0.29) is 19.3 Å². The molecule has 29 heavy (non-hydrogen) atoms. The summed E-state index contributed by atoms with van der Waals surface area (Å²) in [5, 5.41) is 0. The van der Waals surface area contributed by atoms with Crippen molar-refractivity contribution < 1.29 is 23.8 Å². The summed E-state index contributed by atoms with van der Waals surface area (Å²) in [5.74, 6) is 0.373. The van der Waals surface area contributed by atoms with Gasteiger partial charge in [-0.25, -0.2) is 4.79 Å². The Morgan fingerprint density at radius 2 is 1.76 bits per heavy atom. The smallest absolute Gasteiger partial charge is 0.338 e. The molecule has 0 bridgehead atoms. The largest absolute Gasteiger partial charge is 0.454 e. The molecule has 2 aromatic carbocycles. The second-order valence-electron chi connectivity index (χ2n) is 7.23. The van der Waals surface area contributed by atoms with Gasteiger partial charge in [0.15, 0.2) is 18.1 Å². The SMILES string of the molecule is Cc1cccc(N2CCN(C(=O)COC(=O)c3ccc4c(c3)OCO4)CC2)c1C. The lowest BCUT2D eigenvalue weighted by Crippen LogP contribution is -2.50. The van der Waals surface area contributed by atoms with Crippen LogP contribution in [0.5, 0.6) is 11.5 Å². The van der Waals surface area contributed by atoms with Gasteiger partial charge in [0.2, 0.25) is 6.79 Å². The van der Waals surface area contributed by atoms with E-state index in [1.807, 2.05) is 0 Å². The van der Waals surface area contributed by atoms with Crippen LogP contribution in [-0.4, -0.2) is 56.4 Å². The molecular formula is C22H24N2O5. The molecule has 152 valence electrons. The number of piperazine rings is 1. The van der Waals surface area contributed by atoms with Crippen LogP contribution in [0.25, 0.3) is 0 Å². The topological polar surface area (TPSA) is 68.3 Å². The minimum absolute atomic E-state index is 0.139. The average molecular weight is 396 g/mol. The number of anilines is 1. The molecule has 0 radical (unpaired) electrons. The maximum atomic E-state index is 12.5. The molecular weight excluding hydrogens is 372 g/mol. The fourth-order valence-electron chi connectivity index (χ4n) is 3.60. The number of fused-ring (bicyclic) bond motifs is 1. The van der Waals surface area contributed by atoms with E-state index in [4.69, 9.17) is 14.2 Å². The van der Waals surface area contributed by atoms with Crippen molar-refractivity contribution in [2.45, 2.75) is 13.8 Å². The fraction of sp³-hybridized carbons (Fsp3) is 0.364. The second-order valence-corrected chi connectivity index (χ2v) is 7.23. The van der Waals surface area contributed by atoms with E-state index in [2.05, 4.69) is 36.9 Å². The third-order valence-corrected chi connectivity index (χ3v) is 5.48. The van der Waals surface area contributed by atoms with Crippen LogP contribution in [0.1, 0.15) is 21.5 Å². The van der Waals surface area contributed by atoms with Crippen molar-refractivity contribution in [1.82, 2.24) is 4.90 Å². The molecule has 0 atom stereocenters. The molecule has 2 aliphatic rings. The second kappa shape index (κ2) is 8.03. The van der Waals surface area contributed by atoms with Gasteiger partial charge in [-0.15, -0.1) is 0 Å². The van der Waals surface area contributed by atoms with Crippen molar-refractivity contribution in [3.63, 3.8) is 0 Å². The van der Waals surface area contributed by atoms with Crippen LogP contribution in [-0.2, 0) is 9.53 Å². The number of rotatable bonds is 4. The van der Waals surface area contributed by atoms with Crippen molar-refractivity contribution in [2.24, 2.45) is 0 Å². The fourth-order valence-corrected chi connectivity index (χ4v) is 3.60. The van der Waals surface area contributed by atoms with E-state index in [1.165, 1.54) is 16.8 Å². The van der Waals surface area contributed by atoms with Gasteiger partial charge in [0, 0.05) is 31.9 Å². The number of hydrogen-bond donors (Lipinski definition) is 0. The Hall–Kier alpha value is -3.22. The predicted molar refractivity (Wildman–Crippen MR) is 108 cm³/mol.